The molecule has 2 saturated carbocycles. The fourth-order valence-electron chi connectivity index (χ4n) is 3.24. The zero-order chi connectivity index (χ0) is 25.3. The molecule has 2 aliphatic carbocycles. The maximum atomic E-state index is 11.1. The lowest BCUT2D eigenvalue weighted by Crippen LogP contribution is -2.02. The summed E-state index contributed by atoms with van der Waals surface area (Å²) >= 11 is 0. The van der Waals surface area contributed by atoms with Gasteiger partial charge in [-0.25, -0.2) is 0 Å². The van der Waals surface area contributed by atoms with Crippen LogP contribution < -0.4 is 0 Å². The molecule has 0 unspecified atom stereocenters. The number of hydrogen-bond acceptors (Lipinski definition) is 6. The summed E-state index contributed by atoms with van der Waals surface area (Å²) < 4.78 is 20.1. The molecule has 0 amide bonds. The van der Waals surface area contributed by atoms with Gasteiger partial charge in [-0.1, -0.05) is 44.5 Å². The second-order valence-electron chi connectivity index (χ2n) is 8.28. The molecule has 33 heavy (non-hydrogen) atoms. The van der Waals surface area contributed by atoms with Crippen molar-refractivity contribution in [3.8, 4) is 23.7 Å². The summed E-state index contributed by atoms with van der Waals surface area (Å²) in [6.45, 7) is 7.31. The van der Waals surface area contributed by atoms with Crippen molar-refractivity contribution in [1.29, 1.82) is 0 Å². The molecule has 0 aromatic rings. The lowest BCUT2D eigenvalue weighted by molar-refractivity contribution is -0.115. The number of aldehydes is 1. The Kier molecular flexibility index (Phi) is 16.4. The molecule has 2 fully saturated rings. The Morgan fingerprint density at radius 3 is 1.70 bits per heavy atom. The standard InChI is InChI=1S/C12H16O.C9H12O.C5H11O4P/c1-3-11-9-12(11)8-6-4-5-7-10(2)13;1-2-8-7-9(8)5-3-4-6-10;1-5(6)4-10(7,8-2)9-3/h5,7,11-12H,3,8-9H2,1-2H3;6,8-9H,2,5,7H2,1H3;4H2,1-3H3/b7-5+;;/t11-,12-;8-,9-;/m00./s1. The minimum Gasteiger partial charge on any atom is -0.312 e. The smallest absolute Gasteiger partial charge is 0.312 e. The quantitative estimate of drug-likeness (QED) is 0.195. The molecule has 0 aromatic carbocycles. The first kappa shape index (κ1) is 31.0. The van der Waals surface area contributed by atoms with E-state index in [4.69, 9.17) is 0 Å². The molecule has 2 rings (SSSR count). The summed E-state index contributed by atoms with van der Waals surface area (Å²) in [5.74, 6) is 14.6. The normalized spacial score (nSPS) is 22.1. The third kappa shape index (κ3) is 16.3. The molecule has 2 aliphatic rings. The van der Waals surface area contributed by atoms with E-state index in [-0.39, 0.29) is 17.7 Å². The van der Waals surface area contributed by atoms with E-state index < -0.39 is 7.60 Å². The number of carbonyl (C=O) groups is 3. The van der Waals surface area contributed by atoms with Crippen LogP contribution in [-0.2, 0) is 28.0 Å². The molecule has 0 saturated heterocycles. The van der Waals surface area contributed by atoms with Crippen molar-refractivity contribution in [2.75, 3.05) is 20.4 Å². The van der Waals surface area contributed by atoms with E-state index in [0.717, 1.165) is 36.5 Å². The number of Topliss-reactive ketones (excluding diaryl/α,β-unsaturated/α-hetero) is 1. The predicted molar refractivity (Wildman–Crippen MR) is 132 cm³/mol. The third-order valence-corrected chi connectivity index (χ3v) is 7.50. The van der Waals surface area contributed by atoms with E-state index in [9.17, 15) is 18.9 Å². The van der Waals surface area contributed by atoms with Gasteiger partial charge in [-0.2, -0.15) is 0 Å². The average Bonchev–Trinajstić information content (AvgIpc) is 3.69. The highest BCUT2D eigenvalue weighted by Gasteiger charge is 2.34. The van der Waals surface area contributed by atoms with Gasteiger partial charge in [0.25, 0.3) is 0 Å². The number of hydrogen-bond donors (Lipinski definition) is 0. The molecular formula is C26H39O6P. The molecule has 0 heterocycles. The molecule has 0 spiro atoms. The molecule has 0 N–H and O–H groups in total. The Hall–Kier alpha value is -1.98. The van der Waals surface area contributed by atoms with Crippen molar-refractivity contribution in [1.82, 2.24) is 0 Å². The van der Waals surface area contributed by atoms with Crippen LogP contribution in [0.25, 0.3) is 0 Å². The summed E-state index contributed by atoms with van der Waals surface area (Å²) in [4.78, 5) is 30.7. The molecule has 6 nitrogen and oxygen atoms in total. The first-order valence-electron chi connectivity index (χ1n) is 11.4. The van der Waals surface area contributed by atoms with Crippen LogP contribution in [0.15, 0.2) is 12.2 Å². The van der Waals surface area contributed by atoms with Crippen LogP contribution in [0.4, 0.5) is 0 Å². The van der Waals surface area contributed by atoms with Crippen LogP contribution in [0.2, 0.25) is 0 Å². The summed E-state index contributed by atoms with van der Waals surface area (Å²) in [7, 11) is -0.572. The molecule has 7 heteroatoms. The lowest BCUT2D eigenvalue weighted by Gasteiger charge is -2.10. The second-order valence-corrected chi connectivity index (χ2v) is 10.5. The van der Waals surface area contributed by atoms with Gasteiger partial charge < -0.3 is 9.05 Å². The maximum Gasteiger partial charge on any atom is 0.337 e. The van der Waals surface area contributed by atoms with Gasteiger partial charge in [-0.3, -0.25) is 18.9 Å². The first-order chi connectivity index (χ1) is 15.7. The first-order valence-corrected chi connectivity index (χ1v) is 13.2. The molecule has 184 valence electrons. The monoisotopic (exact) mass is 478 g/mol. The van der Waals surface area contributed by atoms with Gasteiger partial charge >= 0.3 is 7.60 Å². The van der Waals surface area contributed by atoms with Crippen molar-refractivity contribution < 1.29 is 28.0 Å². The molecule has 0 aromatic heterocycles. The fourth-order valence-corrected chi connectivity index (χ4v) is 4.19. The van der Waals surface area contributed by atoms with Gasteiger partial charge in [-0.05, 0) is 68.4 Å². The van der Waals surface area contributed by atoms with Gasteiger partial charge in [0, 0.05) is 27.1 Å². The zero-order valence-electron chi connectivity index (χ0n) is 20.9. The van der Waals surface area contributed by atoms with Gasteiger partial charge in [0.1, 0.15) is 11.9 Å². The van der Waals surface area contributed by atoms with Crippen LogP contribution in [0.1, 0.15) is 66.2 Å². The summed E-state index contributed by atoms with van der Waals surface area (Å²) in [6, 6.07) is 0. The van der Waals surface area contributed by atoms with E-state index >= 15 is 0 Å². The Morgan fingerprint density at radius 1 is 0.909 bits per heavy atom. The van der Waals surface area contributed by atoms with Crippen molar-refractivity contribution in [2.45, 2.75) is 66.2 Å². The van der Waals surface area contributed by atoms with Crippen molar-refractivity contribution in [3.05, 3.63) is 12.2 Å². The van der Waals surface area contributed by atoms with Crippen LogP contribution in [0, 0.1) is 47.4 Å². The SMILES string of the molecule is CC[C@H]1C[C@@H]1CC#C/C=C/C(C)=O.CC[C@H]1C[C@@H]1CC#CC=O.COP(=O)(CC(C)=O)OC. The number of rotatable bonds is 9. The van der Waals surface area contributed by atoms with Gasteiger partial charge in [-0.15, -0.1) is 0 Å². The molecule has 4 atom stereocenters. The Morgan fingerprint density at radius 2 is 1.39 bits per heavy atom. The number of carbonyl (C=O) groups excluding carboxylic acids is 3. The number of allylic oxidation sites excluding steroid dienone is 2. The maximum absolute atomic E-state index is 11.1. The van der Waals surface area contributed by atoms with E-state index in [2.05, 4.69) is 46.6 Å². The lowest BCUT2D eigenvalue weighted by atomic mass is 10.2. The minimum atomic E-state index is -3.09. The van der Waals surface area contributed by atoms with Crippen LogP contribution >= 0.6 is 7.60 Å². The highest BCUT2D eigenvalue weighted by atomic mass is 31.2. The van der Waals surface area contributed by atoms with Crippen molar-refractivity contribution >= 4 is 25.4 Å². The predicted octanol–water partition coefficient (Wildman–Crippen LogP) is 5.26. The fraction of sp³-hybridized carbons (Fsp3) is 0.654. The van der Waals surface area contributed by atoms with Crippen LogP contribution in [0.5, 0.6) is 0 Å². The zero-order valence-corrected chi connectivity index (χ0v) is 21.8. The Bertz CT molecular complexity index is 815. The minimum absolute atomic E-state index is 0.0622. The highest BCUT2D eigenvalue weighted by Crippen LogP contribution is 2.46. The van der Waals surface area contributed by atoms with Gasteiger partial charge in [0.05, 0.1) is 0 Å². The second kappa shape index (κ2) is 17.5. The summed E-state index contributed by atoms with van der Waals surface area (Å²) in [6.07, 6.45) is 10.8. The Labute approximate surface area is 199 Å². The highest BCUT2D eigenvalue weighted by molar-refractivity contribution is 7.54. The summed E-state index contributed by atoms with van der Waals surface area (Å²) in [5, 5.41) is 0. The molecule has 0 aliphatic heterocycles. The molecular weight excluding hydrogens is 439 g/mol. The van der Waals surface area contributed by atoms with Gasteiger partial charge in [0.2, 0.25) is 0 Å². The molecule has 0 radical (unpaired) electrons. The summed E-state index contributed by atoms with van der Waals surface area (Å²) in [5.41, 5.74) is 0. The van der Waals surface area contributed by atoms with E-state index in [1.54, 1.807) is 6.08 Å². The molecule has 0 bridgehead atoms. The van der Waals surface area contributed by atoms with Crippen LogP contribution in [0.3, 0.4) is 0 Å². The van der Waals surface area contributed by atoms with E-state index in [1.807, 2.05) is 0 Å². The Balaban J connectivity index is 0.000000472. The largest absolute Gasteiger partial charge is 0.337 e. The number of ketones is 2. The van der Waals surface area contributed by atoms with Crippen molar-refractivity contribution in [2.24, 2.45) is 23.7 Å². The van der Waals surface area contributed by atoms with Crippen molar-refractivity contribution in [3.63, 3.8) is 0 Å². The van der Waals surface area contributed by atoms with Crippen LogP contribution in [-0.4, -0.2) is 38.2 Å². The topological polar surface area (TPSA) is 86.7 Å². The van der Waals surface area contributed by atoms with E-state index in [1.165, 1.54) is 59.8 Å². The average molecular weight is 479 g/mol. The van der Waals surface area contributed by atoms with Gasteiger partial charge in [0.15, 0.2) is 12.1 Å². The van der Waals surface area contributed by atoms with E-state index in [0.29, 0.717) is 6.29 Å². The third-order valence-electron chi connectivity index (χ3n) is 5.55.